The number of benzene rings is 1. The molecule has 1 aliphatic heterocycles. The van der Waals surface area contributed by atoms with Gasteiger partial charge in [0.2, 0.25) is 0 Å². The average Bonchev–Trinajstić information content (AvgIpc) is 2.22. The third-order valence-electron chi connectivity index (χ3n) is 3.07. The molecule has 100 valence electrons. The predicted octanol–water partition coefficient (Wildman–Crippen LogP) is 3.53. The molecule has 0 N–H and O–H groups in total. The summed E-state index contributed by atoms with van der Waals surface area (Å²) in [6, 6.07) is 8.62. The highest BCUT2D eigenvalue weighted by Gasteiger charge is 2.30. The predicted molar refractivity (Wildman–Crippen MR) is 82.5 cm³/mol. The highest BCUT2D eigenvalue weighted by Crippen LogP contribution is 2.18. The zero-order valence-corrected chi connectivity index (χ0v) is 14.0. The summed E-state index contributed by atoms with van der Waals surface area (Å²) in [7, 11) is -1.34. The molecule has 1 fully saturated rings. The minimum absolute atomic E-state index is 0.488. The SMILES string of the molecule is C[Si](C)(C)OC1CN(CCc2ccc(Br)cc2)C1. The van der Waals surface area contributed by atoms with Crippen LogP contribution in [0.15, 0.2) is 28.7 Å². The van der Waals surface area contributed by atoms with E-state index in [1.165, 1.54) is 5.56 Å². The molecule has 0 aliphatic carbocycles. The van der Waals surface area contributed by atoms with Crippen LogP contribution in [0.5, 0.6) is 0 Å². The van der Waals surface area contributed by atoms with Crippen molar-refractivity contribution in [2.45, 2.75) is 32.2 Å². The summed E-state index contributed by atoms with van der Waals surface area (Å²) in [5.41, 5.74) is 1.41. The smallest absolute Gasteiger partial charge is 0.184 e. The molecule has 0 atom stereocenters. The molecule has 2 rings (SSSR count). The van der Waals surface area contributed by atoms with Crippen molar-refractivity contribution in [3.05, 3.63) is 34.3 Å². The van der Waals surface area contributed by atoms with E-state index in [4.69, 9.17) is 4.43 Å². The number of hydrogen-bond donors (Lipinski definition) is 0. The number of rotatable bonds is 5. The minimum atomic E-state index is -1.34. The molecular formula is C14H22BrNOSi. The molecule has 2 nitrogen and oxygen atoms in total. The van der Waals surface area contributed by atoms with Gasteiger partial charge in [-0.1, -0.05) is 28.1 Å². The Hall–Kier alpha value is -0.163. The molecule has 4 heteroatoms. The molecule has 0 aromatic heterocycles. The van der Waals surface area contributed by atoms with Gasteiger partial charge >= 0.3 is 0 Å². The van der Waals surface area contributed by atoms with Gasteiger partial charge in [0.25, 0.3) is 0 Å². The number of halogens is 1. The summed E-state index contributed by atoms with van der Waals surface area (Å²) < 4.78 is 7.21. The Labute approximate surface area is 120 Å². The third kappa shape index (κ3) is 4.50. The lowest BCUT2D eigenvalue weighted by Crippen LogP contribution is -2.55. The maximum Gasteiger partial charge on any atom is 0.184 e. The quantitative estimate of drug-likeness (QED) is 0.767. The Balaban J connectivity index is 1.67. The lowest BCUT2D eigenvalue weighted by molar-refractivity contribution is 0.0158. The summed E-state index contributed by atoms with van der Waals surface area (Å²) in [6.45, 7) is 10.2. The first-order chi connectivity index (χ1) is 8.42. The van der Waals surface area contributed by atoms with Gasteiger partial charge in [-0.15, -0.1) is 0 Å². The third-order valence-corrected chi connectivity index (χ3v) is 4.64. The summed E-state index contributed by atoms with van der Waals surface area (Å²) in [4.78, 5) is 2.48. The molecule has 0 saturated carbocycles. The average molecular weight is 328 g/mol. The van der Waals surface area contributed by atoms with Crippen molar-refractivity contribution < 1.29 is 4.43 Å². The van der Waals surface area contributed by atoms with Gasteiger partial charge < -0.3 is 4.43 Å². The lowest BCUT2D eigenvalue weighted by atomic mass is 10.1. The van der Waals surface area contributed by atoms with Crippen molar-refractivity contribution in [3.63, 3.8) is 0 Å². The van der Waals surface area contributed by atoms with E-state index in [1.807, 2.05) is 0 Å². The van der Waals surface area contributed by atoms with E-state index in [0.29, 0.717) is 6.10 Å². The van der Waals surface area contributed by atoms with Crippen molar-refractivity contribution in [2.75, 3.05) is 19.6 Å². The van der Waals surface area contributed by atoms with Crippen molar-refractivity contribution in [2.24, 2.45) is 0 Å². The molecule has 0 amide bonds. The van der Waals surface area contributed by atoms with Crippen LogP contribution in [-0.2, 0) is 10.8 Å². The van der Waals surface area contributed by atoms with Gasteiger partial charge in [-0.3, -0.25) is 4.90 Å². The van der Waals surface area contributed by atoms with E-state index in [0.717, 1.165) is 30.5 Å². The Morgan fingerprint density at radius 1 is 1.22 bits per heavy atom. The fourth-order valence-corrected chi connectivity index (χ4v) is 3.63. The van der Waals surface area contributed by atoms with Crippen LogP contribution < -0.4 is 0 Å². The fourth-order valence-electron chi connectivity index (χ4n) is 2.22. The topological polar surface area (TPSA) is 12.5 Å². The van der Waals surface area contributed by atoms with Crippen LogP contribution in [0, 0.1) is 0 Å². The Morgan fingerprint density at radius 3 is 2.39 bits per heavy atom. The molecule has 18 heavy (non-hydrogen) atoms. The minimum Gasteiger partial charge on any atom is -0.412 e. The van der Waals surface area contributed by atoms with Gasteiger partial charge in [0.1, 0.15) is 0 Å². The zero-order chi connectivity index (χ0) is 13.2. The van der Waals surface area contributed by atoms with Gasteiger partial charge in [-0.2, -0.15) is 0 Å². The molecule has 1 aromatic rings. The van der Waals surface area contributed by atoms with Gasteiger partial charge in [0, 0.05) is 24.1 Å². The molecule has 0 bridgehead atoms. The molecule has 1 aromatic carbocycles. The van der Waals surface area contributed by atoms with Crippen LogP contribution >= 0.6 is 15.9 Å². The summed E-state index contributed by atoms with van der Waals surface area (Å²) in [5.74, 6) is 0. The Kier molecular flexibility index (Phi) is 4.64. The molecule has 1 heterocycles. The lowest BCUT2D eigenvalue weighted by Gasteiger charge is -2.42. The number of hydrogen-bond acceptors (Lipinski definition) is 2. The maximum absolute atomic E-state index is 6.06. The van der Waals surface area contributed by atoms with Crippen LogP contribution in [-0.4, -0.2) is 39.0 Å². The molecule has 0 spiro atoms. The monoisotopic (exact) mass is 327 g/mol. The second-order valence-corrected chi connectivity index (χ2v) is 11.4. The molecule has 0 radical (unpaired) electrons. The highest BCUT2D eigenvalue weighted by molar-refractivity contribution is 9.10. The van der Waals surface area contributed by atoms with Crippen LogP contribution in [0.4, 0.5) is 0 Å². The van der Waals surface area contributed by atoms with Gasteiger partial charge in [-0.05, 0) is 43.8 Å². The van der Waals surface area contributed by atoms with Crippen LogP contribution in [0.3, 0.4) is 0 Å². The van der Waals surface area contributed by atoms with Crippen molar-refractivity contribution in [3.8, 4) is 0 Å². The van der Waals surface area contributed by atoms with E-state index in [-0.39, 0.29) is 0 Å². The Morgan fingerprint density at radius 2 is 1.83 bits per heavy atom. The van der Waals surface area contributed by atoms with Crippen molar-refractivity contribution in [1.29, 1.82) is 0 Å². The zero-order valence-electron chi connectivity index (χ0n) is 11.4. The first-order valence-electron chi connectivity index (χ1n) is 6.57. The summed E-state index contributed by atoms with van der Waals surface area (Å²) in [6.07, 6.45) is 1.62. The normalized spacial score (nSPS) is 17.8. The van der Waals surface area contributed by atoms with Crippen LogP contribution in [0.25, 0.3) is 0 Å². The second-order valence-electron chi connectivity index (χ2n) is 5.99. The molecule has 0 unspecified atom stereocenters. The molecular weight excluding hydrogens is 306 g/mol. The van der Waals surface area contributed by atoms with Crippen molar-refractivity contribution in [1.82, 2.24) is 4.90 Å². The first-order valence-corrected chi connectivity index (χ1v) is 10.8. The van der Waals surface area contributed by atoms with E-state index in [1.54, 1.807) is 0 Å². The summed E-state index contributed by atoms with van der Waals surface area (Å²) in [5, 5.41) is 0. The van der Waals surface area contributed by atoms with Gasteiger partial charge in [-0.25, -0.2) is 0 Å². The van der Waals surface area contributed by atoms with Gasteiger partial charge in [0.15, 0.2) is 8.32 Å². The van der Waals surface area contributed by atoms with Crippen LogP contribution in [0.2, 0.25) is 19.6 Å². The maximum atomic E-state index is 6.06. The first kappa shape index (κ1) is 14.3. The van der Waals surface area contributed by atoms with E-state index < -0.39 is 8.32 Å². The summed E-state index contributed by atoms with van der Waals surface area (Å²) >= 11 is 3.46. The molecule has 1 saturated heterocycles. The van der Waals surface area contributed by atoms with Gasteiger partial charge in [0.05, 0.1) is 6.10 Å². The van der Waals surface area contributed by atoms with Crippen LogP contribution in [0.1, 0.15) is 5.56 Å². The highest BCUT2D eigenvalue weighted by atomic mass is 79.9. The number of likely N-dealkylation sites (tertiary alicyclic amines) is 1. The van der Waals surface area contributed by atoms with E-state index in [9.17, 15) is 0 Å². The Bertz CT molecular complexity index is 382. The fraction of sp³-hybridized carbons (Fsp3) is 0.571. The number of nitrogens with zero attached hydrogens (tertiary/aromatic N) is 1. The van der Waals surface area contributed by atoms with E-state index >= 15 is 0 Å². The largest absolute Gasteiger partial charge is 0.412 e. The molecule has 1 aliphatic rings. The van der Waals surface area contributed by atoms with Crippen molar-refractivity contribution >= 4 is 24.2 Å². The standard InChI is InChI=1S/C14H22BrNOSi/c1-18(2,3)17-14-10-16(11-14)9-8-12-4-6-13(15)7-5-12/h4-7,14H,8-11H2,1-3H3. The van der Waals surface area contributed by atoms with E-state index in [2.05, 4.69) is 64.7 Å². The second kappa shape index (κ2) is 5.86.